The lowest BCUT2D eigenvalue weighted by Gasteiger charge is -2.20. The molecule has 0 aliphatic carbocycles. The van der Waals surface area contributed by atoms with Gasteiger partial charge in [-0.25, -0.2) is 4.79 Å². The van der Waals surface area contributed by atoms with Gasteiger partial charge in [-0.1, -0.05) is 39.0 Å². The average Bonchev–Trinajstić information content (AvgIpc) is 2.03. The molecule has 0 aliphatic rings. The maximum absolute atomic E-state index is 10.9. The highest BCUT2D eigenvalue weighted by Crippen LogP contribution is 2.25. The Morgan fingerprint density at radius 2 is 1.71 bits per heavy atom. The van der Waals surface area contributed by atoms with Gasteiger partial charge in [-0.3, -0.25) is 0 Å². The molecule has 0 aromatic heterocycles. The molecule has 1 N–H and O–H groups in total. The highest BCUT2D eigenvalue weighted by atomic mass is 24.3. The number of aromatic carboxylic acids is 1. The zero-order valence-corrected chi connectivity index (χ0v) is 8.16. The summed E-state index contributed by atoms with van der Waals surface area (Å²) >= 11 is 0. The number of hydrogen-bond acceptors (Lipinski definition) is 1. The molecule has 0 spiro atoms. The fraction of sp³-hybridized carbons (Fsp3) is 0.364. The number of benzene rings is 1. The Hall–Kier alpha value is -0.544. The van der Waals surface area contributed by atoms with Gasteiger partial charge in [0.2, 0.25) is 0 Å². The molecule has 2 nitrogen and oxygen atoms in total. The molecule has 0 saturated heterocycles. The first-order valence-electron chi connectivity index (χ1n) is 4.26. The van der Waals surface area contributed by atoms with E-state index in [1.165, 1.54) is 0 Å². The summed E-state index contributed by atoms with van der Waals surface area (Å²) < 4.78 is 0. The predicted molar refractivity (Wildman–Crippen MR) is 60.6 cm³/mol. The molecule has 0 fully saturated rings. The SMILES string of the molecule is CC(C)(C)c1ccccc1C(=O)O.[MgH2]. The first-order valence-corrected chi connectivity index (χ1v) is 4.26. The Labute approximate surface area is 100 Å². The van der Waals surface area contributed by atoms with Gasteiger partial charge in [0.15, 0.2) is 0 Å². The third-order valence-electron chi connectivity index (χ3n) is 1.97. The largest absolute Gasteiger partial charge is 0.478 e. The van der Waals surface area contributed by atoms with E-state index in [0.29, 0.717) is 5.56 Å². The van der Waals surface area contributed by atoms with E-state index in [1.54, 1.807) is 12.1 Å². The van der Waals surface area contributed by atoms with Crippen LogP contribution in [-0.2, 0) is 5.41 Å². The molecule has 0 saturated carbocycles. The summed E-state index contributed by atoms with van der Waals surface area (Å²) in [6, 6.07) is 7.12. The van der Waals surface area contributed by atoms with Crippen molar-refractivity contribution >= 4 is 29.0 Å². The van der Waals surface area contributed by atoms with E-state index in [-0.39, 0.29) is 28.5 Å². The fourth-order valence-corrected chi connectivity index (χ4v) is 1.32. The number of carboxylic acids is 1. The van der Waals surface area contributed by atoms with E-state index in [4.69, 9.17) is 5.11 Å². The van der Waals surface area contributed by atoms with Crippen LogP contribution in [0.15, 0.2) is 24.3 Å². The predicted octanol–water partition coefficient (Wildman–Crippen LogP) is 1.77. The first-order chi connectivity index (χ1) is 5.93. The number of hydrogen-bond donors (Lipinski definition) is 1. The number of carboxylic acid groups (broad SMARTS) is 1. The van der Waals surface area contributed by atoms with E-state index in [9.17, 15) is 4.79 Å². The van der Waals surface area contributed by atoms with Gasteiger partial charge in [-0.2, -0.15) is 0 Å². The molecule has 1 aromatic rings. The lowest BCUT2D eigenvalue weighted by Crippen LogP contribution is -2.16. The van der Waals surface area contributed by atoms with Crippen molar-refractivity contribution < 1.29 is 9.90 Å². The van der Waals surface area contributed by atoms with Crippen LogP contribution >= 0.6 is 0 Å². The molecule has 1 rings (SSSR count). The van der Waals surface area contributed by atoms with Crippen LogP contribution in [0.1, 0.15) is 36.7 Å². The van der Waals surface area contributed by atoms with Crippen molar-refractivity contribution in [2.45, 2.75) is 26.2 Å². The smallest absolute Gasteiger partial charge is 0.335 e. The summed E-state index contributed by atoms with van der Waals surface area (Å²) in [6.07, 6.45) is 0. The maximum Gasteiger partial charge on any atom is 0.335 e. The van der Waals surface area contributed by atoms with Crippen LogP contribution in [-0.4, -0.2) is 34.1 Å². The second-order valence-electron chi connectivity index (χ2n) is 4.10. The summed E-state index contributed by atoms with van der Waals surface area (Å²) in [7, 11) is 0. The summed E-state index contributed by atoms with van der Waals surface area (Å²) in [5, 5.41) is 8.93. The summed E-state index contributed by atoms with van der Waals surface area (Å²) in [6.45, 7) is 6.03. The summed E-state index contributed by atoms with van der Waals surface area (Å²) in [5.74, 6) is -0.856. The Bertz CT molecular complexity index is 326. The Morgan fingerprint density at radius 3 is 2.07 bits per heavy atom. The molecule has 0 amide bonds. The van der Waals surface area contributed by atoms with Crippen LogP contribution in [0.25, 0.3) is 0 Å². The quantitative estimate of drug-likeness (QED) is 0.708. The van der Waals surface area contributed by atoms with Crippen molar-refractivity contribution in [2.24, 2.45) is 0 Å². The van der Waals surface area contributed by atoms with Crippen molar-refractivity contribution in [1.29, 1.82) is 0 Å². The molecule has 0 radical (unpaired) electrons. The maximum atomic E-state index is 10.9. The van der Waals surface area contributed by atoms with Crippen LogP contribution in [0.3, 0.4) is 0 Å². The van der Waals surface area contributed by atoms with E-state index < -0.39 is 5.97 Å². The first kappa shape index (κ1) is 13.5. The van der Waals surface area contributed by atoms with E-state index >= 15 is 0 Å². The molecule has 0 unspecified atom stereocenters. The van der Waals surface area contributed by atoms with E-state index in [1.807, 2.05) is 32.9 Å². The monoisotopic (exact) mass is 204 g/mol. The standard InChI is InChI=1S/C11H14O2.Mg.2H/c1-11(2,3)9-7-5-4-6-8(9)10(12)13;;;/h4-7H,1-3H3,(H,12,13);;;. The van der Waals surface area contributed by atoms with Crippen molar-refractivity contribution in [3.63, 3.8) is 0 Å². The van der Waals surface area contributed by atoms with Crippen LogP contribution in [0.5, 0.6) is 0 Å². The molecular formula is C11H16MgO2. The van der Waals surface area contributed by atoms with Crippen molar-refractivity contribution in [3.8, 4) is 0 Å². The summed E-state index contributed by atoms with van der Waals surface area (Å²) in [5.41, 5.74) is 1.16. The summed E-state index contributed by atoms with van der Waals surface area (Å²) in [4.78, 5) is 10.9. The van der Waals surface area contributed by atoms with Crippen LogP contribution in [0.2, 0.25) is 0 Å². The second kappa shape index (κ2) is 4.80. The molecule has 1 aromatic carbocycles. The zero-order valence-electron chi connectivity index (χ0n) is 8.16. The zero-order chi connectivity index (χ0) is 10.1. The van der Waals surface area contributed by atoms with Gasteiger partial charge in [0.1, 0.15) is 0 Å². The third kappa shape index (κ3) is 2.99. The minimum atomic E-state index is -0.856. The van der Waals surface area contributed by atoms with Gasteiger partial charge in [-0.15, -0.1) is 0 Å². The van der Waals surface area contributed by atoms with Gasteiger partial charge >= 0.3 is 29.0 Å². The van der Waals surface area contributed by atoms with Crippen LogP contribution < -0.4 is 0 Å². The van der Waals surface area contributed by atoms with Crippen molar-refractivity contribution in [2.75, 3.05) is 0 Å². The van der Waals surface area contributed by atoms with Gasteiger partial charge in [0.25, 0.3) is 0 Å². The molecule has 3 heteroatoms. The molecule has 74 valence electrons. The second-order valence-corrected chi connectivity index (χ2v) is 4.10. The topological polar surface area (TPSA) is 37.3 Å². The highest BCUT2D eigenvalue weighted by Gasteiger charge is 2.20. The Balaban J connectivity index is 0.00000169. The fourth-order valence-electron chi connectivity index (χ4n) is 1.32. The lowest BCUT2D eigenvalue weighted by atomic mass is 9.84. The minimum Gasteiger partial charge on any atom is -0.478 e. The molecule has 0 heterocycles. The minimum absolute atomic E-state index is 0. The molecular weight excluding hydrogens is 188 g/mol. The van der Waals surface area contributed by atoms with E-state index in [2.05, 4.69) is 0 Å². The van der Waals surface area contributed by atoms with Gasteiger partial charge in [0.05, 0.1) is 5.56 Å². The highest BCUT2D eigenvalue weighted by molar-refractivity contribution is 5.89. The molecule has 0 bridgehead atoms. The van der Waals surface area contributed by atoms with Gasteiger partial charge in [-0.05, 0) is 17.0 Å². The third-order valence-corrected chi connectivity index (χ3v) is 1.97. The number of rotatable bonds is 1. The molecule has 0 aliphatic heterocycles. The number of carbonyl (C=O) groups is 1. The van der Waals surface area contributed by atoms with E-state index in [0.717, 1.165) is 5.56 Å². The molecule has 14 heavy (non-hydrogen) atoms. The van der Waals surface area contributed by atoms with Crippen molar-refractivity contribution in [1.82, 2.24) is 0 Å². The average molecular weight is 205 g/mol. The van der Waals surface area contributed by atoms with Crippen molar-refractivity contribution in [3.05, 3.63) is 35.4 Å². The lowest BCUT2D eigenvalue weighted by molar-refractivity contribution is 0.0694. The van der Waals surface area contributed by atoms with Gasteiger partial charge < -0.3 is 5.11 Å². The normalized spacial score (nSPS) is 10.5. The van der Waals surface area contributed by atoms with Crippen LogP contribution in [0, 0.1) is 0 Å². The molecule has 0 atom stereocenters. The van der Waals surface area contributed by atoms with Crippen LogP contribution in [0.4, 0.5) is 0 Å². The Kier molecular flexibility index (Phi) is 4.61. The van der Waals surface area contributed by atoms with Gasteiger partial charge in [0, 0.05) is 0 Å². The Morgan fingerprint density at radius 1 is 1.21 bits per heavy atom.